The molecule has 0 spiro atoms. The van der Waals surface area contributed by atoms with E-state index in [1.54, 1.807) is 0 Å². The summed E-state index contributed by atoms with van der Waals surface area (Å²) in [4.78, 5) is 2.61. The van der Waals surface area contributed by atoms with Gasteiger partial charge in [0.1, 0.15) is 0 Å². The summed E-state index contributed by atoms with van der Waals surface area (Å²) < 4.78 is 0. The minimum absolute atomic E-state index is 0.539. The van der Waals surface area contributed by atoms with Crippen LogP contribution in [0.15, 0.2) is 0 Å². The van der Waals surface area contributed by atoms with Gasteiger partial charge in [-0.25, -0.2) is 0 Å². The van der Waals surface area contributed by atoms with E-state index in [1.807, 2.05) is 11.8 Å². The van der Waals surface area contributed by atoms with Gasteiger partial charge < -0.3 is 10.2 Å². The van der Waals surface area contributed by atoms with Crippen molar-refractivity contribution in [3.63, 3.8) is 0 Å². The first-order valence-electron chi connectivity index (χ1n) is 8.39. The third-order valence-corrected chi connectivity index (χ3v) is 5.44. The van der Waals surface area contributed by atoms with Crippen molar-refractivity contribution in [1.82, 2.24) is 10.2 Å². The van der Waals surface area contributed by atoms with Crippen LogP contribution in [0.5, 0.6) is 0 Å². The molecule has 0 aromatic rings. The molecule has 1 aliphatic rings. The van der Waals surface area contributed by atoms with Crippen LogP contribution in [0.25, 0.3) is 0 Å². The Labute approximate surface area is 131 Å². The van der Waals surface area contributed by atoms with Crippen LogP contribution in [0.3, 0.4) is 0 Å². The van der Waals surface area contributed by atoms with Crippen LogP contribution >= 0.6 is 11.8 Å². The number of hydrogen-bond donors (Lipinski definition) is 1. The fraction of sp³-hybridized carbons (Fsp3) is 1.00. The van der Waals surface area contributed by atoms with Gasteiger partial charge in [0.15, 0.2) is 0 Å². The molecule has 20 heavy (non-hydrogen) atoms. The summed E-state index contributed by atoms with van der Waals surface area (Å²) >= 11 is 1.97. The monoisotopic (exact) mass is 300 g/mol. The molecule has 0 aliphatic heterocycles. The predicted octanol–water partition coefficient (Wildman–Crippen LogP) is 3.87. The lowest BCUT2D eigenvalue weighted by molar-refractivity contribution is 0.138. The molecule has 3 heteroatoms. The van der Waals surface area contributed by atoms with E-state index in [9.17, 15) is 0 Å². The van der Waals surface area contributed by atoms with Crippen LogP contribution in [0, 0.1) is 11.3 Å². The maximum Gasteiger partial charge on any atom is 0.00719 e. The number of hydrogen-bond acceptors (Lipinski definition) is 3. The average Bonchev–Trinajstić information content (AvgIpc) is 2.84. The first-order chi connectivity index (χ1) is 9.49. The van der Waals surface area contributed by atoms with Crippen molar-refractivity contribution in [2.24, 2.45) is 11.3 Å². The summed E-state index contributed by atoms with van der Waals surface area (Å²) in [6.07, 6.45) is 9.20. The molecule has 120 valence electrons. The highest BCUT2D eigenvalue weighted by molar-refractivity contribution is 7.98. The number of nitrogens with zero attached hydrogens (tertiary/aromatic N) is 1. The maximum absolute atomic E-state index is 3.72. The number of nitrogens with one attached hydrogen (secondary N) is 1. The molecular weight excluding hydrogens is 264 g/mol. The molecule has 1 unspecified atom stereocenters. The summed E-state index contributed by atoms with van der Waals surface area (Å²) in [5.41, 5.74) is 0.539. The van der Waals surface area contributed by atoms with Crippen LogP contribution in [-0.4, -0.2) is 49.6 Å². The van der Waals surface area contributed by atoms with E-state index in [1.165, 1.54) is 50.9 Å². The summed E-state index contributed by atoms with van der Waals surface area (Å²) in [6.45, 7) is 10.6. The molecule has 0 heterocycles. The molecule has 0 aromatic heterocycles. The highest BCUT2D eigenvalue weighted by Gasteiger charge is 2.35. The quantitative estimate of drug-likeness (QED) is 0.659. The normalized spacial score (nSPS) is 19.9. The molecule has 0 amide bonds. The van der Waals surface area contributed by atoms with Gasteiger partial charge in [0.2, 0.25) is 0 Å². The van der Waals surface area contributed by atoms with Crippen molar-refractivity contribution in [1.29, 1.82) is 0 Å². The third kappa shape index (κ3) is 6.36. The van der Waals surface area contributed by atoms with Crippen molar-refractivity contribution in [3.8, 4) is 0 Å². The van der Waals surface area contributed by atoms with E-state index in [-0.39, 0.29) is 0 Å². The lowest BCUT2D eigenvalue weighted by Crippen LogP contribution is -2.44. The fourth-order valence-corrected chi connectivity index (χ4v) is 3.91. The van der Waals surface area contributed by atoms with E-state index in [0.29, 0.717) is 11.5 Å². The summed E-state index contributed by atoms with van der Waals surface area (Å²) in [5.74, 6) is 2.04. The van der Waals surface area contributed by atoms with E-state index < -0.39 is 0 Å². The fourth-order valence-electron chi connectivity index (χ4n) is 3.34. The Morgan fingerprint density at radius 1 is 1.20 bits per heavy atom. The Hall–Kier alpha value is 0.270. The molecule has 1 N–H and O–H groups in total. The zero-order chi connectivity index (χ0) is 15.0. The Morgan fingerprint density at radius 3 is 2.40 bits per heavy atom. The van der Waals surface area contributed by atoms with Crippen molar-refractivity contribution in [2.75, 3.05) is 38.7 Å². The SMILES string of the molecule is CSCCC(C)N(C)CC1(CNCC(C)C)CCCC1. The van der Waals surface area contributed by atoms with Crippen LogP contribution in [0.4, 0.5) is 0 Å². The number of thioether (sulfide) groups is 1. The Morgan fingerprint density at radius 2 is 1.85 bits per heavy atom. The Kier molecular flexibility index (Phi) is 8.54. The van der Waals surface area contributed by atoms with E-state index in [0.717, 1.165) is 12.5 Å². The molecule has 2 nitrogen and oxygen atoms in total. The second kappa shape index (κ2) is 9.32. The van der Waals surface area contributed by atoms with Gasteiger partial charge in [0.25, 0.3) is 0 Å². The van der Waals surface area contributed by atoms with Crippen molar-refractivity contribution in [3.05, 3.63) is 0 Å². The molecular formula is C17H36N2S. The van der Waals surface area contributed by atoms with Crippen LogP contribution in [0.2, 0.25) is 0 Å². The molecule has 1 aliphatic carbocycles. The van der Waals surface area contributed by atoms with E-state index in [4.69, 9.17) is 0 Å². The molecule has 0 aromatic carbocycles. The van der Waals surface area contributed by atoms with Crippen LogP contribution < -0.4 is 5.32 Å². The van der Waals surface area contributed by atoms with E-state index in [2.05, 4.69) is 44.3 Å². The van der Waals surface area contributed by atoms with Crippen molar-refractivity contribution in [2.45, 2.75) is 58.9 Å². The van der Waals surface area contributed by atoms with Gasteiger partial charge in [-0.1, -0.05) is 26.7 Å². The zero-order valence-electron chi connectivity index (χ0n) is 14.4. The summed E-state index contributed by atoms with van der Waals surface area (Å²) in [6, 6.07) is 0.713. The highest BCUT2D eigenvalue weighted by atomic mass is 32.2. The molecule has 1 fully saturated rings. The smallest absolute Gasteiger partial charge is 0.00719 e. The average molecular weight is 301 g/mol. The van der Waals surface area contributed by atoms with Crippen molar-refractivity contribution >= 4 is 11.8 Å². The standard InChI is InChI=1S/C17H36N2S/c1-15(2)12-18-13-17(9-6-7-10-17)14-19(4)16(3)8-11-20-5/h15-16,18H,6-14H2,1-5H3. The lowest BCUT2D eigenvalue weighted by Gasteiger charge is -2.37. The summed E-state index contributed by atoms with van der Waals surface area (Å²) in [7, 11) is 2.33. The van der Waals surface area contributed by atoms with E-state index >= 15 is 0 Å². The van der Waals surface area contributed by atoms with Crippen LogP contribution in [0.1, 0.15) is 52.9 Å². The second-order valence-electron chi connectivity index (χ2n) is 7.28. The first kappa shape index (κ1) is 18.3. The largest absolute Gasteiger partial charge is 0.316 e. The number of rotatable bonds is 10. The predicted molar refractivity (Wildman–Crippen MR) is 93.7 cm³/mol. The molecule has 1 atom stereocenters. The Bertz CT molecular complexity index is 249. The van der Waals surface area contributed by atoms with Gasteiger partial charge in [-0.05, 0) is 63.1 Å². The van der Waals surface area contributed by atoms with Gasteiger partial charge in [0.05, 0.1) is 0 Å². The van der Waals surface area contributed by atoms with Gasteiger partial charge >= 0.3 is 0 Å². The van der Waals surface area contributed by atoms with Gasteiger partial charge in [-0.2, -0.15) is 11.8 Å². The molecule has 0 bridgehead atoms. The van der Waals surface area contributed by atoms with Gasteiger partial charge in [-0.3, -0.25) is 0 Å². The highest BCUT2D eigenvalue weighted by Crippen LogP contribution is 2.38. The molecule has 0 radical (unpaired) electrons. The van der Waals surface area contributed by atoms with Gasteiger partial charge in [-0.15, -0.1) is 0 Å². The lowest BCUT2D eigenvalue weighted by atomic mass is 9.85. The van der Waals surface area contributed by atoms with Crippen molar-refractivity contribution < 1.29 is 0 Å². The van der Waals surface area contributed by atoms with Gasteiger partial charge in [0, 0.05) is 19.1 Å². The third-order valence-electron chi connectivity index (χ3n) is 4.79. The second-order valence-corrected chi connectivity index (χ2v) is 8.26. The molecule has 1 rings (SSSR count). The first-order valence-corrected chi connectivity index (χ1v) is 9.78. The zero-order valence-corrected chi connectivity index (χ0v) is 15.2. The maximum atomic E-state index is 3.72. The van der Waals surface area contributed by atoms with Crippen LogP contribution in [-0.2, 0) is 0 Å². The molecule has 0 saturated heterocycles. The summed E-state index contributed by atoms with van der Waals surface area (Å²) in [5, 5.41) is 3.72. The topological polar surface area (TPSA) is 15.3 Å². The minimum Gasteiger partial charge on any atom is -0.316 e. The Balaban J connectivity index is 2.44. The minimum atomic E-state index is 0.539. The molecule has 1 saturated carbocycles.